The van der Waals surface area contributed by atoms with E-state index in [-0.39, 0.29) is 16.7 Å². The van der Waals surface area contributed by atoms with E-state index in [2.05, 4.69) is 10.3 Å². The lowest BCUT2D eigenvalue weighted by atomic mass is 10.1. The summed E-state index contributed by atoms with van der Waals surface area (Å²) in [5, 5.41) is 0. The monoisotopic (exact) mass is 268 g/mol. The molecule has 1 aromatic carbocycles. The average molecular weight is 268 g/mol. The molecule has 0 heterocycles. The van der Waals surface area contributed by atoms with E-state index in [1.807, 2.05) is 0 Å². The van der Waals surface area contributed by atoms with Crippen molar-refractivity contribution in [3.05, 3.63) is 30.3 Å². The summed E-state index contributed by atoms with van der Waals surface area (Å²) >= 11 is 0. The molecule has 2 rings (SSSR count). The van der Waals surface area contributed by atoms with Gasteiger partial charge in [-0.1, -0.05) is 31.0 Å². The molecule has 0 aromatic heterocycles. The van der Waals surface area contributed by atoms with Gasteiger partial charge in [-0.25, -0.2) is 8.42 Å². The summed E-state index contributed by atoms with van der Waals surface area (Å²) in [6.07, 6.45) is 3.73. The number of nitrogens with one attached hydrogen (secondary N) is 2. The number of carbonyl (C=O) groups is 1. The highest BCUT2D eigenvalue weighted by Gasteiger charge is 2.24. The van der Waals surface area contributed by atoms with Crippen LogP contribution in [0.1, 0.15) is 25.7 Å². The first-order valence-corrected chi connectivity index (χ1v) is 7.44. The van der Waals surface area contributed by atoms with E-state index < -0.39 is 10.0 Å². The standard InChI is InChI=1S/C12H16N2O3S/c15-12(10-6-4-5-7-10)13-14-18(16,17)11-8-2-1-3-9-11/h1-3,8-10,14H,4-7H2,(H,13,15). The van der Waals surface area contributed by atoms with Gasteiger partial charge in [0, 0.05) is 5.92 Å². The lowest BCUT2D eigenvalue weighted by molar-refractivity contribution is -0.125. The Bertz CT molecular complexity index is 507. The molecule has 0 atom stereocenters. The van der Waals surface area contributed by atoms with Crippen LogP contribution in [0.4, 0.5) is 0 Å². The smallest absolute Gasteiger partial charge is 0.257 e. The van der Waals surface area contributed by atoms with Crippen molar-refractivity contribution in [1.29, 1.82) is 0 Å². The Morgan fingerprint density at radius 1 is 1.11 bits per heavy atom. The van der Waals surface area contributed by atoms with Gasteiger partial charge in [-0.05, 0) is 25.0 Å². The quantitative estimate of drug-likeness (QED) is 0.805. The Morgan fingerprint density at radius 2 is 1.72 bits per heavy atom. The topological polar surface area (TPSA) is 75.3 Å². The third-order valence-corrected chi connectivity index (χ3v) is 4.35. The van der Waals surface area contributed by atoms with Gasteiger partial charge in [0.05, 0.1) is 4.90 Å². The molecule has 98 valence electrons. The molecular weight excluding hydrogens is 252 g/mol. The van der Waals surface area contributed by atoms with Crippen molar-refractivity contribution in [2.75, 3.05) is 0 Å². The second-order valence-electron chi connectivity index (χ2n) is 4.39. The zero-order chi connectivity index (χ0) is 13.0. The van der Waals surface area contributed by atoms with Gasteiger partial charge in [0.1, 0.15) is 0 Å². The van der Waals surface area contributed by atoms with Crippen LogP contribution in [0, 0.1) is 5.92 Å². The fourth-order valence-electron chi connectivity index (χ4n) is 2.07. The summed E-state index contributed by atoms with van der Waals surface area (Å²) in [6.45, 7) is 0. The van der Waals surface area contributed by atoms with E-state index in [1.165, 1.54) is 12.1 Å². The van der Waals surface area contributed by atoms with Gasteiger partial charge in [0.25, 0.3) is 10.0 Å². The molecule has 1 aliphatic rings. The molecule has 18 heavy (non-hydrogen) atoms. The molecule has 1 aliphatic carbocycles. The van der Waals surface area contributed by atoms with E-state index in [1.54, 1.807) is 18.2 Å². The molecule has 6 heteroatoms. The number of hydrazine groups is 1. The van der Waals surface area contributed by atoms with Crippen molar-refractivity contribution in [3.8, 4) is 0 Å². The predicted octanol–water partition coefficient (Wildman–Crippen LogP) is 1.19. The first-order valence-electron chi connectivity index (χ1n) is 5.96. The molecule has 1 aromatic rings. The number of benzene rings is 1. The summed E-state index contributed by atoms with van der Waals surface area (Å²) in [5.41, 5.74) is 2.29. The molecule has 1 fully saturated rings. The molecule has 0 unspecified atom stereocenters. The molecule has 0 aliphatic heterocycles. The van der Waals surface area contributed by atoms with Gasteiger partial charge >= 0.3 is 0 Å². The minimum Gasteiger partial charge on any atom is -0.277 e. The Balaban J connectivity index is 1.95. The Morgan fingerprint density at radius 3 is 2.33 bits per heavy atom. The van der Waals surface area contributed by atoms with Gasteiger partial charge in [0.15, 0.2) is 0 Å². The number of amides is 1. The van der Waals surface area contributed by atoms with E-state index in [0.29, 0.717) is 0 Å². The molecule has 0 bridgehead atoms. The first-order chi connectivity index (χ1) is 8.59. The summed E-state index contributed by atoms with van der Waals surface area (Å²) < 4.78 is 23.7. The van der Waals surface area contributed by atoms with Crippen molar-refractivity contribution in [1.82, 2.24) is 10.3 Å². The maximum Gasteiger partial charge on any atom is 0.257 e. The molecular formula is C12H16N2O3S. The van der Waals surface area contributed by atoms with E-state index >= 15 is 0 Å². The van der Waals surface area contributed by atoms with Crippen LogP contribution in [-0.2, 0) is 14.8 Å². The minimum atomic E-state index is -3.67. The molecule has 0 saturated heterocycles. The van der Waals surface area contributed by atoms with Crippen molar-refractivity contribution in [2.45, 2.75) is 30.6 Å². The van der Waals surface area contributed by atoms with E-state index in [9.17, 15) is 13.2 Å². The molecule has 0 spiro atoms. The molecule has 5 nitrogen and oxygen atoms in total. The van der Waals surface area contributed by atoms with Crippen LogP contribution in [0.2, 0.25) is 0 Å². The molecule has 1 amide bonds. The van der Waals surface area contributed by atoms with Crippen LogP contribution >= 0.6 is 0 Å². The van der Waals surface area contributed by atoms with Gasteiger partial charge in [0.2, 0.25) is 5.91 Å². The van der Waals surface area contributed by atoms with Crippen molar-refractivity contribution in [2.24, 2.45) is 5.92 Å². The van der Waals surface area contributed by atoms with Crippen molar-refractivity contribution < 1.29 is 13.2 Å². The fraction of sp³-hybridized carbons (Fsp3) is 0.417. The van der Waals surface area contributed by atoms with Crippen LogP contribution in [0.5, 0.6) is 0 Å². The van der Waals surface area contributed by atoms with E-state index in [0.717, 1.165) is 25.7 Å². The second kappa shape index (κ2) is 5.49. The van der Waals surface area contributed by atoms with Crippen LogP contribution in [0.25, 0.3) is 0 Å². The number of carbonyl (C=O) groups excluding carboxylic acids is 1. The van der Waals surface area contributed by atoms with Crippen molar-refractivity contribution in [3.63, 3.8) is 0 Å². The average Bonchev–Trinajstić information content (AvgIpc) is 2.91. The van der Waals surface area contributed by atoms with Crippen LogP contribution in [0.15, 0.2) is 35.2 Å². The summed E-state index contributed by atoms with van der Waals surface area (Å²) in [6, 6.07) is 7.95. The highest BCUT2D eigenvalue weighted by atomic mass is 32.2. The van der Waals surface area contributed by atoms with Crippen LogP contribution in [-0.4, -0.2) is 14.3 Å². The summed E-state index contributed by atoms with van der Waals surface area (Å²) in [5.74, 6) is -0.310. The molecule has 1 saturated carbocycles. The second-order valence-corrected chi connectivity index (χ2v) is 6.07. The maximum atomic E-state index is 11.8. The summed E-state index contributed by atoms with van der Waals surface area (Å²) in [7, 11) is -3.67. The highest BCUT2D eigenvalue weighted by molar-refractivity contribution is 7.89. The maximum absolute atomic E-state index is 11.8. The lowest BCUT2D eigenvalue weighted by Gasteiger charge is -2.11. The number of hydrogen-bond acceptors (Lipinski definition) is 3. The minimum absolute atomic E-state index is 0.0662. The fourth-order valence-corrected chi connectivity index (χ4v) is 2.93. The van der Waals surface area contributed by atoms with Crippen LogP contribution in [0.3, 0.4) is 0 Å². The third-order valence-electron chi connectivity index (χ3n) is 3.09. The first kappa shape index (κ1) is 13.0. The number of rotatable bonds is 4. The van der Waals surface area contributed by atoms with Gasteiger partial charge in [-0.3, -0.25) is 10.2 Å². The zero-order valence-electron chi connectivity index (χ0n) is 9.93. The van der Waals surface area contributed by atoms with Gasteiger partial charge in [-0.15, -0.1) is 4.83 Å². The predicted molar refractivity (Wildman–Crippen MR) is 66.9 cm³/mol. The normalized spacial score (nSPS) is 16.7. The zero-order valence-corrected chi connectivity index (χ0v) is 10.7. The summed E-state index contributed by atoms with van der Waals surface area (Å²) in [4.78, 5) is 13.9. The molecule has 0 radical (unpaired) electrons. The Kier molecular flexibility index (Phi) is 3.98. The Hall–Kier alpha value is -1.40. The number of hydrogen-bond donors (Lipinski definition) is 2. The number of sulfonamides is 1. The highest BCUT2D eigenvalue weighted by Crippen LogP contribution is 2.24. The van der Waals surface area contributed by atoms with E-state index in [4.69, 9.17) is 0 Å². The van der Waals surface area contributed by atoms with Crippen LogP contribution < -0.4 is 10.3 Å². The van der Waals surface area contributed by atoms with Gasteiger partial charge in [-0.2, -0.15) is 0 Å². The van der Waals surface area contributed by atoms with Crippen molar-refractivity contribution >= 4 is 15.9 Å². The Labute approximate surface area is 107 Å². The molecule has 2 N–H and O–H groups in total. The third kappa shape index (κ3) is 3.08. The lowest BCUT2D eigenvalue weighted by Crippen LogP contribution is -2.43. The van der Waals surface area contributed by atoms with Gasteiger partial charge < -0.3 is 0 Å². The SMILES string of the molecule is O=C(NNS(=O)(=O)c1ccccc1)C1CCCC1. The largest absolute Gasteiger partial charge is 0.277 e.